The number of rotatable bonds is 7. The van der Waals surface area contributed by atoms with Crippen molar-refractivity contribution < 1.29 is 14.3 Å². The molecule has 3 saturated heterocycles. The van der Waals surface area contributed by atoms with Crippen LogP contribution in [0.2, 0.25) is 0 Å². The normalized spacial score (nSPS) is 33.4. The van der Waals surface area contributed by atoms with Gasteiger partial charge in [-0.05, 0) is 25.7 Å². The van der Waals surface area contributed by atoms with Gasteiger partial charge in [0.15, 0.2) is 0 Å². The molecule has 6 nitrogen and oxygen atoms in total. The minimum atomic E-state index is -0.0335. The predicted octanol–water partition coefficient (Wildman–Crippen LogP) is 1.01. The number of ether oxygens (including phenoxy) is 1. The lowest BCUT2D eigenvalue weighted by Crippen LogP contribution is -2.36. The zero-order valence-corrected chi connectivity index (χ0v) is 13.6. The number of amides is 3. The van der Waals surface area contributed by atoms with E-state index in [2.05, 4.69) is 16.0 Å². The minimum absolute atomic E-state index is 0.0335. The SMILES string of the molecule is O=C(CCCC[C@@H]1SC[C@@H]2NC(=O)N[C@@H]21)NC[C@@H]1CCCO1. The van der Waals surface area contributed by atoms with E-state index < -0.39 is 0 Å². The van der Waals surface area contributed by atoms with Crippen LogP contribution in [-0.4, -0.2) is 54.3 Å². The second kappa shape index (κ2) is 7.55. The molecule has 0 aliphatic carbocycles. The van der Waals surface area contributed by atoms with Gasteiger partial charge in [0.1, 0.15) is 0 Å². The first-order valence-electron chi connectivity index (χ1n) is 8.29. The maximum atomic E-state index is 11.8. The molecular formula is C15H25N3O3S. The number of urea groups is 1. The third kappa shape index (κ3) is 4.07. The van der Waals surface area contributed by atoms with E-state index in [4.69, 9.17) is 4.74 Å². The van der Waals surface area contributed by atoms with Crippen molar-refractivity contribution >= 4 is 23.7 Å². The molecule has 124 valence electrons. The Morgan fingerprint density at radius 1 is 1.36 bits per heavy atom. The number of hydrogen-bond donors (Lipinski definition) is 3. The highest BCUT2D eigenvalue weighted by atomic mass is 32.2. The van der Waals surface area contributed by atoms with Crippen molar-refractivity contribution in [3.8, 4) is 0 Å². The molecule has 3 rings (SSSR count). The fourth-order valence-corrected chi connectivity index (χ4v) is 4.94. The number of hydrogen-bond acceptors (Lipinski definition) is 4. The Morgan fingerprint density at radius 2 is 2.27 bits per heavy atom. The van der Waals surface area contributed by atoms with E-state index in [9.17, 15) is 9.59 Å². The Balaban J connectivity index is 1.26. The van der Waals surface area contributed by atoms with Gasteiger partial charge in [0.25, 0.3) is 0 Å². The summed E-state index contributed by atoms with van der Waals surface area (Å²) in [7, 11) is 0. The van der Waals surface area contributed by atoms with Gasteiger partial charge in [-0.3, -0.25) is 4.79 Å². The molecule has 3 amide bonds. The molecule has 22 heavy (non-hydrogen) atoms. The standard InChI is InChI=1S/C15H25N3O3S/c19-13(16-8-10-4-3-7-21-10)6-2-1-5-12-14-11(9-22-12)17-15(20)18-14/h10-12,14H,1-9H2,(H,16,19)(H2,17,18,20)/t10-,11-,12-,14-/m0/s1. The van der Waals surface area contributed by atoms with Crippen molar-refractivity contribution in [2.45, 2.75) is 62.0 Å². The summed E-state index contributed by atoms with van der Waals surface area (Å²) in [5.41, 5.74) is 0. The maximum absolute atomic E-state index is 11.8. The molecular weight excluding hydrogens is 302 g/mol. The molecule has 0 spiro atoms. The smallest absolute Gasteiger partial charge is 0.315 e. The molecule has 3 N–H and O–H groups in total. The summed E-state index contributed by atoms with van der Waals surface area (Å²) in [6, 6.07) is 0.525. The molecule has 3 aliphatic rings. The molecule has 3 fully saturated rings. The van der Waals surface area contributed by atoms with Crippen molar-refractivity contribution in [3.63, 3.8) is 0 Å². The highest BCUT2D eigenvalue weighted by Crippen LogP contribution is 2.33. The molecule has 0 aromatic carbocycles. The zero-order valence-electron chi connectivity index (χ0n) is 12.8. The first-order valence-corrected chi connectivity index (χ1v) is 9.34. The van der Waals surface area contributed by atoms with Crippen LogP contribution < -0.4 is 16.0 Å². The Kier molecular flexibility index (Phi) is 5.46. The van der Waals surface area contributed by atoms with Crippen LogP contribution in [0.25, 0.3) is 0 Å². The highest BCUT2D eigenvalue weighted by molar-refractivity contribution is 8.00. The molecule has 0 unspecified atom stereocenters. The monoisotopic (exact) mass is 327 g/mol. The number of carbonyl (C=O) groups excluding carboxylic acids is 2. The van der Waals surface area contributed by atoms with Gasteiger partial charge in [0.2, 0.25) is 5.91 Å². The lowest BCUT2D eigenvalue weighted by atomic mass is 10.0. The van der Waals surface area contributed by atoms with Gasteiger partial charge < -0.3 is 20.7 Å². The highest BCUT2D eigenvalue weighted by Gasteiger charge is 2.42. The summed E-state index contributed by atoms with van der Waals surface area (Å²) >= 11 is 1.93. The molecule has 3 aliphatic heterocycles. The van der Waals surface area contributed by atoms with E-state index >= 15 is 0 Å². The van der Waals surface area contributed by atoms with Gasteiger partial charge in [-0.15, -0.1) is 0 Å². The molecule has 0 saturated carbocycles. The first-order chi connectivity index (χ1) is 10.7. The fraction of sp³-hybridized carbons (Fsp3) is 0.867. The van der Waals surface area contributed by atoms with Gasteiger partial charge in [-0.1, -0.05) is 6.42 Å². The quantitative estimate of drug-likeness (QED) is 0.482. The summed E-state index contributed by atoms with van der Waals surface area (Å²) in [4.78, 5) is 23.1. The first kappa shape index (κ1) is 15.9. The number of thioether (sulfide) groups is 1. The van der Waals surface area contributed by atoms with Gasteiger partial charge in [-0.2, -0.15) is 11.8 Å². The molecule has 0 bridgehead atoms. The van der Waals surface area contributed by atoms with Gasteiger partial charge >= 0.3 is 6.03 Å². The summed E-state index contributed by atoms with van der Waals surface area (Å²) in [6.07, 6.45) is 5.97. The molecule has 0 radical (unpaired) electrons. The Morgan fingerprint density at radius 3 is 3.09 bits per heavy atom. The van der Waals surface area contributed by atoms with Crippen LogP contribution in [0.5, 0.6) is 0 Å². The van der Waals surface area contributed by atoms with Crippen LogP contribution in [-0.2, 0) is 9.53 Å². The van der Waals surface area contributed by atoms with Crippen LogP contribution in [0.15, 0.2) is 0 Å². The van der Waals surface area contributed by atoms with Gasteiger partial charge in [0, 0.05) is 30.6 Å². The lowest BCUT2D eigenvalue weighted by molar-refractivity contribution is -0.121. The summed E-state index contributed by atoms with van der Waals surface area (Å²) < 4.78 is 5.49. The zero-order chi connectivity index (χ0) is 15.4. The Labute approximate surface area is 135 Å². The van der Waals surface area contributed by atoms with E-state index in [1.807, 2.05) is 11.8 Å². The van der Waals surface area contributed by atoms with Crippen LogP contribution in [0, 0.1) is 0 Å². The average Bonchev–Trinajstić information content (AvgIpc) is 3.19. The molecule has 3 heterocycles. The van der Waals surface area contributed by atoms with Crippen molar-refractivity contribution in [3.05, 3.63) is 0 Å². The van der Waals surface area contributed by atoms with Crippen LogP contribution >= 0.6 is 11.8 Å². The molecule has 0 aromatic heterocycles. The number of unbranched alkanes of at least 4 members (excludes halogenated alkanes) is 1. The second-order valence-corrected chi connectivity index (χ2v) is 7.58. The van der Waals surface area contributed by atoms with Crippen LogP contribution in [0.1, 0.15) is 38.5 Å². The third-order valence-electron chi connectivity index (χ3n) is 4.63. The third-order valence-corrected chi connectivity index (χ3v) is 6.14. The molecule has 7 heteroatoms. The van der Waals surface area contributed by atoms with E-state index in [1.165, 1.54) is 0 Å². The fourth-order valence-electron chi connectivity index (χ4n) is 3.40. The Bertz CT molecular complexity index is 415. The van der Waals surface area contributed by atoms with Crippen molar-refractivity contribution in [1.82, 2.24) is 16.0 Å². The largest absolute Gasteiger partial charge is 0.376 e. The van der Waals surface area contributed by atoms with Crippen molar-refractivity contribution in [2.75, 3.05) is 18.9 Å². The summed E-state index contributed by atoms with van der Waals surface area (Å²) in [5, 5.41) is 9.40. The van der Waals surface area contributed by atoms with E-state index in [-0.39, 0.29) is 30.1 Å². The van der Waals surface area contributed by atoms with Crippen molar-refractivity contribution in [2.24, 2.45) is 0 Å². The van der Waals surface area contributed by atoms with E-state index in [0.717, 1.165) is 44.5 Å². The number of nitrogens with one attached hydrogen (secondary N) is 3. The molecule has 4 atom stereocenters. The van der Waals surface area contributed by atoms with Crippen LogP contribution in [0.3, 0.4) is 0 Å². The summed E-state index contributed by atoms with van der Waals surface area (Å²) in [6.45, 7) is 1.48. The average molecular weight is 327 g/mol. The number of fused-ring (bicyclic) bond motifs is 1. The minimum Gasteiger partial charge on any atom is -0.376 e. The maximum Gasteiger partial charge on any atom is 0.315 e. The lowest BCUT2D eigenvalue weighted by Gasteiger charge is -2.16. The summed E-state index contributed by atoms with van der Waals surface area (Å²) in [5.74, 6) is 1.12. The van der Waals surface area contributed by atoms with Crippen LogP contribution in [0.4, 0.5) is 4.79 Å². The van der Waals surface area contributed by atoms with Gasteiger partial charge in [-0.25, -0.2) is 4.79 Å². The van der Waals surface area contributed by atoms with E-state index in [0.29, 0.717) is 18.2 Å². The van der Waals surface area contributed by atoms with E-state index in [1.54, 1.807) is 0 Å². The molecule has 0 aromatic rings. The van der Waals surface area contributed by atoms with Crippen molar-refractivity contribution in [1.29, 1.82) is 0 Å². The number of carbonyl (C=O) groups is 2. The second-order valence-electron chi connectivity index (χ2n) is 6.31. The Hall–Kier alpha value is -0.950. The van der Waals surface area contributed by atoms with Gasteiger partial charge in [0.05, 0.1) is 18.2 Å². The topological polar surface area (TPSA) is 79.5 Å². The predicted molar refractivity (Wildman–Crippen MR) is 85.9 cm³/mol.